The third kappa shape index (κ3) is 5.29. The van der Waals surface area contributed by atoms with E-state index in [1.807, 2.05) is 26.8 Å². The number of carbonyl (C=O) groups is 1. The minimum absolute atomic E-state index is 0.173. The molecule has 1 aromatic carbocycles. The molecule has 40 heavy (non-hydrogen) atoms. The zero-order chi connectivity index (χ0) is 28.4. The van der Waals surface area contributed by atoms with E-state index in [2.05, 4.69) is 51.3 Å². The minimum atomic E-state index is -0.272. The van der Waals surface area contributed by atoms with Crippen LogP contribution in [0.4, 0.5) is 17.3 Å². The van der Waals surface area contributed by atoms with E-state index in [0.29, 0.717) is 41.3 Å². The van der Waals surface area contributed by atoms with Crippen LogP contribution in [0.3, 0.4) is 0 Å². The highest BCUT2D eigenvalue weighted by molar-refractivity contribution is 5.99. The Morgan fingerprint density at radius 1 is 1.30 bits per heavy atom. The van der Waals surface area contributed by atoms with Gasteiger partial charge in [0.2, 0.25) is 12.4 Å². The number of amides is 1. The van der Waals surface area contributed by atoms with Crippen LogP contribution in [0.15, 0.2) is 59.1 Å². The number of carbonyl (C=O) groups excluding carboxylic acids is 1. The highest BCUT2D eigenvalue weighted by Gasteiger charge is 2.32. The van der Waals surface area contributed by atoms with Gasteiger partial charge in [-0.2, -0.15) is 10.1 Å². The molecular formula is C29H37N9O2. The molecule has 210 valence electrons. The first kappa shape index (κ1) is 27.3. The summed E-state index contributed by atoms with van der Waals surface area (Å²) in [4.78, 5) is 36.7. The molecule has 3 aromatic rings. The fourth-order valence-electron chi connectivity index (χ4n) is 5.49. The van der Waals surface area contributed by atoms with Crippen molar-refractivity contribution >= 4 is 40.6 Å². The second-order valence-corrected chi connectivity index (χ2v) is 10.6. The summed E-state index contributed by atoms with van der Waals surface area (Å²) in [6.45, 7) is 13.8. The van der Waals surface area contributed by atoms with Crippen molar-refractivity contribution in [3.05, 3.63) is 65.1 Å². The molecule has 0 spiro atoms. The van der Waals surface area contributed by atoms with Gasteiger partial charge in [-0.25, -0.2) is 19.4 Å². The summed E-state index contributed by atoms with van der Waals surface area (Å²) < 4.78 is 3.09. The first-order valence-corrected chi connectivity index (χ1v) is 13.8. The van der Waals surface area contributed by atoms with Crippen molar-refractivity contribution in [1.29, 1.82) is 0 Å². The lowest BCUT2D eigenvalue weighted by Crippen LogP contribution is -2.51. The monoisotopic (exact) mass is 543 g/mol. The lowest BCUT2D eigenvalue weighted by molar-refractivity contribution is -0.119. The van der Waals surface area contributed by atoms with Gasteiger partial charge in [0.15, 0.2) is 11.5 Å². The molecule has 11 heteroatoms. The van der Waals surface area contributed by atoms with E-state index in [0.717, 1.165) is 18.8 Å². The van der Waals surface area contributed by atoms with Gasteiger partial charge in [-0.1, -0.05) is 12.2 Å². The maximum Gasteiger partial charge on any atom is 0.278 e. The highest BCUT2D eigenvalue weighted by atomic mass is 16.1. The van der Waals surface area contributed by atoms with E-state index in [1.165, 1.54) is 40.0 Å². The number of anilines is 3. The number of hydrogen-bond acceptors (Lipinski definition) is 8. The lowest BCUT2D eigenvalue weighted by Gasteiger charge is -2.35. The molecule has 2 N–H and O–H groups in total. The molecule has 5 rings (SSSR count). The van der Waals surface area contributed by atoms with Gasteiger partial charge in [0.1, 0.15) is 5.39 Å². The first-order valence-electron chi connectivity index (χ1n) is 13.8. The van der Waals surface area contributed by atoms with Gasteiger partial charge in [-0.3, -0.25) is 9.59 Å². The van der Waals surface area contributed by atoms with Crippen LogP contribution in [0.1, 0.15) is 39.2 Å². The van der Waals surface area contributed by atoms with Crippen LogP contribution >= 0.6 is 0 Å². The van der Waals surface area contributed by atoms with Crippen LogP contribution in [0, 0.1) is 6.92 Å². The number of hydrogen-bond donors (Lipinski definition) is 2. The summed E-state index contributed by atoms with van der Waals surface area (Å²) in [5.74, 6) is 0.715. The van der Waals surface area contributed by atoms with Gasteiger partial charge in [0, 0.05) is 48.8 Å². The molecule has 2 aliphatic heterocycles. The molecule has 2 bridgehead atoms. The van der Waals surface area contributed by atoms with E-state index in [4.69, 9.17) is 4.98 Å². The molecule has 2 atom stereocenters. The van der Waals surface area contributed by atoms with E-state index in [9.17, 15) is 9.59 Å². The number of hydrazone groups is 1. The number of allylic oxidation sites excluding steroid dienone is 3. The van der Waals surface area contributed by atoms with E-state index < -0.39 is 0 Å². The molecule has 0 aliphatic carbocycles. The van der Waals surface area contributed by atoms with Crippen molar-refractivity contribution in [2.24, 2.45) is 5.10 Å². The maximum absolute atomic E-state index is 13.3. The van der Waals surface area contributed by atoms with Crippen LogP contribution in [-0.4, -0.2) is 67.8 Å². The summed E-state index contributed by atoms with van der Waals surface area (Å²) in [5.41, 5.74) is 3.37. The summed E-state index contributed by atoms with van der Waals surface area (Å²) in [5, 5.41) is 13.2. The van der Waals surface area contributed by atoms with Gasteiger partial charge in [-0.15, -0.1) is 6.58 Å². The average molecular weight is 544 g/mol. The summed E-state index contributed by atoms with van der Waals surface area (Å²) >= 11 is 0. The molecule has 2 unspecified atom stereocenters. The van der Waals surface area contributed by atoms with Crippen molar-refractivity contribution in [2.75, 3.05) is 23.3 Å². The van der Waals surface area contributed by atoms with Crippen molar-refractivity contribution < 1.29 is 4.79 Å². The van der Waals surface area contributed by atoms with Gasteiger partial charge in [0.05, 0.1) is 6.54 Å². The van der Waals surface area contributed by atoms with Crippen molar-refractivity contribution in [2.45, 2.75) is 65.2 Å². The van der Waals surface area contributed by atoms with Crippen LogP contribution in [0.25, 0.3) is 11.0 Å². The quantitative estimate of drug-likeness (QED) is 0.140. The predicted molar refractivity (Wildman–Crippen MR) is 159 cm³/mol. The van der Waals surface area contributed by atoms with Crippen molar-refractivity contribution in [3.8, 4) is 0 Å². The Hall–Kier alpha value is -4.25. The molecule has 2 aromatic heterocycles. The standard InChI is InChI=1S/C29H37N9O2/c1-6-8-26(34-36(18-39)19(3)4)38-27-24(28(40)37(38)13-7-2)15-30-29(33-27)32-21-11-12-25(20(5)14-21)35-16-22-9-10-23(17-35)31-22/h6-8,11-12,14-15,18-19,22-23,31H,2,9-10,13,16-17H2,1,3-5H3,(H,30,32,33)/b8-6-,34-26+. The van der Waals surface area contributed by atoms with E-state index in [-0.39, 0.29) is 18.1 Å². The first-order chi connectivity index (χ1) is 19.3. The van der Waals surface area contributed by atoms with Crippen LogP contribution in [-0.2, 0) is 11.3 Å². The zero-order valence-electron chi connectivity index (χ0n) is 23.5. The Morgan fingerprint density at radius 2 is 2.05 bits per heavy atom. The molecular weight excluding hydrogens is 506 g/mol. The van der Waals surface area contributed by atoms with Crippen LogP contribution in [0.5, 0.6) is 0 Å². The molecule has 0 saturated carbocycles. The molecule has 2 saturated heterocycles. The van der Waals surface area contributed by atoms with Gasteiger partial charge in [-0.05, 0) is 70.4 Å². The SMILES string of the molecule is C=CCn1c(=O)c2cnc(Nc3ccc(N4CC5CCC(C4)N5)c(C)c3)nc2n1C(/C=C\C)=N/N(C=O)C(C)C. The highest BCUT2D eigenvalue weighted by Crippen LogP contribution is 2.30. The molecule has 0 radical (unpaired) electrons. The van der Waals surface area contributed by atoms with Crippen LogP contribution < -0.4 is 21.1 Å². The van der Waals surface area contributed by atoms with Gasteiger partial charge < -0.3 is 15.5 Å². The van der Waals surface area contributed by atoms with E-state index >= 15 is 0 Å². The van der Waals surface area contributed by atoms with Crippen molar-refractivity contribution in [1.82, 2.24) is 29.7 Å². The van der Waals surface area contributed by atoms with E-state index in [1.54, 1.807) is 22.9 Å². The second kappa shape index (κ2) is 11.5. The third-order valence-corrected chi connectivity index (χ3v) is 7.38. The smallest absolute Gasteiger partial charge is 0.278 e. The summed E-state index contributed by atoms with van der Waals surface area (Å²) in [7, 11) is 0. The Kier molecular flexibility index (Phi) is 7.83. The van der Waals surface area contributed by atoms with Gasteiger partial charge in [0.25, 0.3) is 5.56 Å². The molecule has 1 amide bonds. The normalized spacial score (nSPS) is 19.1. The minimum Gasteiger partial charge on any atom is -0.368 e. The molecule has 2 aliphatic rings. The average Bonchev–Trinajstić information content (AvgIpc) is 3.41. The Morgan fingerprint density at radius 3 is 2.67 bits per heavy atom. The zero-order valence-corrected chi connectivity index (χ0v) is 23.5. The Bertz CT molecular complexity index is 1520. The third-order valence-electron chi connectivity index (χ3n) is 7.38. The number of nitrogens with zero attached hydrogens (tertiary/aromatic N) is 7. The number of aromatic nitrogens is 4. The number of aryl methyl sites for hydroxylation is 1. The van der Waals surface area contributed by atoms with Crippen molar-refractivity contribution in [3.63, 3.8) is 0 Å². The molecule has 4 heterocycles. The lowest BCUT2D eigenvalue weighted by atomic mass is 10.1. The number of fused-ring (bicyclic) bond motifs is 3. The number of rotatable bonds is 9. The number of benzene rings is 1. The maximum atomic E-state index is 13.3. The fraction of sp³-hybridized carbons (Fsp3) is 0.414. The topological polar surface area (TPSA) is 113 Å². The van der Waals surface area contributed by atoms with Gasteiger partial charge >= 0.3 is 0 Å². The fourth-order valence-corrected chi connectivity index (χ4v) is 5.49. The molecule has 2 fully saturated rings. The Balaban J connectivity index is 1.51. The summed E-state index contributed by atoms with van der Waals surface area (Å²) in [6, 6.07) is 7.24. The number of piperazine rings is 1. The van der Waals surface area contributed by atoms with Crippen LogP contribution in [0.2, 0.25) is 0 Å². The summed E-state index contributed by atoms with van der Waals surface area (Å²) in [6.07, 6.45) is 9.82. The number of nitrogens with one attached hydrogen (secondary N) is 2. The molecule has 11 nitrogen and oxygen atoms in total. The predicted octanol–water partition coefficient (Wildman–Crippen LogP) is 3.38. The largest absolute Gasteiger partial charge is 0.368 e. The second-order valence-electron chi connectivity index (χ2n) is 10.6. The Labute approximate surface area is 233 Å².